The summed E-state index contributed by atoms with van der Waals surface area (Å²) in [6.07, 6.45) is 3.58. The summed E-state index contributed by atoms with van der Waals surface area (Å²) >= 11 is 0. The largest absolute Gasteiger partial charge is 0.271 e. The third kappa shape index (κ3) is 5.33. The number of rotatable bonds is 6. The van der Waals surface area contributed by atoms with Gasteiger partial charge in [-0.25, -0.2) is 0 Å². The first-order valence-electron chi connectivity index (χ1n) is 7.41. The van der Waals surface area contributed by atoms with Crippen molar-refractivity contribution in [1.29, 1.82) is 0 Å². The van der Waals surface area contributed by atoms with Crippen molar-refractivity contribution < 1.29 is 0 Å². The van der Waals surface area contributed by atoms with E-state index in [9.17, 15) is 0 Å². The SMILES string of the molecule is CC(C)CCCC(NN)c1ccc(C(C)(C)C)cc1. The molecule has 0 fully saturated rings. The van der Waals surface area contributed by atoms with Crippen LogP contribution in [0.5, 0.6) is 0 Å². The van der Waals surface area contributed by atoms with Gasteiger partial charge in [-0.3, -0.25) is 11.3 Å². The Morgan fingerprint density at radius 2 is 1.63 bits per heavy atom. The number of benzene rings is 1. The maximum Gasteiger partial charge on any atom is 0.0460 e. The summed E-state index contributed by atoms with van der Waals surface area (Å²) in [5, 5.41) is 0. The van der Waals surface area contributed by atoms with Crippen LogP contribution >= 0.6 is 0 Å². The van der Waals surface area contributed by atoms with Crippen molar-refractivity contribution in [2.75, 3.05) is 0 Å². The number of hydrogen-bond donors (Lipinski definition) is 2. The molecule has 2 heteroatoms. The van der Waals surface area contributed by atoms with E-state index in [2.05, 4.69) is 64.3 Å². The van der Waals surface area contributed by atoms with Gasteiger partial charge in [0.25, 0.3) is 0 Å². The predicted octanol–water partition coefficient (Wildman–Crippen LogP) is 4.31. The Morgan fingerprint density at radius 3 is 2.05 bits per heavy atom. The van der Waals surface area contributed by atoms with Gasteiger partial charge in [0, 0.05) is 6.04 Å². The molecule has 3 N–H and O–H groups in total. The van der Waals surface area contributed by atoms with Crippen LogP contribution in [0.2, 0.25) is 0 Å². The van der Waals surface area contributed by atoms with Gasteiger partial charge in [0.1, 0.15) is 0 Å². The van der Waals surface area contributed by atoms with E-state index in [0.717, 1.165) is 12.3 Å². The summed E-state index contributed by atoms with van der Waals surface area (Å²) in [5.74, 6) is 6.46. The maximum atomic E-state index is 5.70. The second-order valence-electron chi connectivity index (χ2n) is 6.92. The van der Waals surface area contributed by atoms with E-state index >= 15 is 0 Å². The van der Waals surface area contributed by atoms with Crippen molar-refractivity contribution in [2.24, 2.45) is 11.8 Å². The van der Waals surface area contributed by atoms with Crippen LogP contribution in [0.15, 0.2) is 24.3 Å². The van der Waals surface area contributed by atoms with Crippen LogP contribution < -0.4 is 11.3 Å². The van der Waals surface area contributed by atoms with Gasteiger partial charge in [0.05, 0.1) is 0 Å². The zero-order chi connectivity index (χ0) is 14.5. The van der Waals surface area contributed by atoms with E-state index in [1.807, 2.05) is 0 Å². The zero-order valence-corrected chi connectivity index (χ0v) is 13.2. The zero-order valence-electron chi connectivity index (χ0n) is 13.2. The van der Waals surface area contributed by atoms with E-state index in [0.29, 0.717) is 0 Å². The molecule has 19 heavy (non-hydrogen) atoms. The van der Waals surface area contributed by atoms with Gasteiger partial charge in [-0.15, -0.1) is 0 Å². The van der Waals surface area contributed by atoms with E-state index in [4.69, 9.17) is 5.84 Å². The highest BCUT2D eigenvalue weighted by Crippen LogP contribution is 2.25. The standard InChI is InChI=1S/C17H30N2/c1-13(2)7-6-8-16(19-18)14-9-11-15(12-10-14)17(3,4)5/h9-13,16,19H,6-8,18H2,1-5H3. The van der Waals surface area contributed by atoms with Crippen molar-refractivity contribution in [3.8, 4) is 0 Å². The molecule has 0 saturated heterocycles. The third-order valence-corrected chi connectivity index (χ3v) is 3.65. The Labute approximate surface area is 118 Å². The smallest absolute Gasteiger partial charge is 0.0460 e. The predicted molar refractivity (Wildman–Crippen MR) is 83.9 cm³/mol. The monoisotopic (exact) mass is 262 g/mol. The highest BCUT2D eigenvalue weighted by molar-refractivity contribution is 5.29. The Hall–Kier alpha value is -0.860. The van der Waals surface area contributed by atoms with Crippen molar-refractivity contribution in [3.63, 3.8) is 0 Å². The highest BCUT2D eigenvalue weighted by Gasteiger charge is 2.15. The number of nitrogens with one attached hydrogen (secondary N) is 1. The van der Waals surface area contributed by atoms with Gasteiger partial charge in [-0.1, -0.05) is 71.7 Å². The minimum atomic E-state index is 0.210. The molecule has 0 aliphatic rings. The Kier molecular flexibility index (Phi) is 6.02. The van der Waals surface area contributed by atoms with E-state index in [1.165, 1.54) is 24.0 Å². The van der Waals surface area contributed by atoms with Gasteiger partial charge in [0.15, 0.2) is 0 Å². The van der Waals surface area contributed by atoms with Crippen molar-refractivity contribution >= 4 is 0 Å². The quantitative estimate of drug-likeness (QED) is 0.592. The molecule has 0 aliphatic carbocycles. The lowest BCUT2D eigenvalue weighted by Gasteiger charge is -2.21. The van der Waals surface area contributed by atoms with Gasteiger partial charge in [0.2, 0.25) is 0 Å². The summed E-state index contributed by atoms with van der Waals surface area (Å²) in [6, 6.07) is 9.14. The fourth-order valence-corrected chi connectivity index (χ4v) is 2.29. The molecule has 1 aromatic carbocycles. The molecule has 0 aromatic heterocycles. The van der Waals surface area contributed by atoms with E-state index in [1.54, 1.807) is 0 Å². The lowest BCUT2D eigenvalue weighted by atomic mass is 9.86. The normalized spacial score (nSPS) is 13.8. The highest BCUT2D eigenvalue weighted by atomic mass is 15.2. The Balaban J connectivity index is 2.66. The topological polar surface area (TPSA) is 38.0 Å². The van der Waals surface area contributed by atoms with Crippen molar-refractivity contribution in [1.82, 2.24) is 5.43 Å². The van der Waals surface area contributed by atoms with Gasteiger partial charge in [-0.2, -0.15) is 0 Å². The van der Waals surface area contributed by atoms with Crippen LogP contribution in [0.1, 0.15) is 71.0 Å². The first-order valence-corrected chi connectivity index (χ1v) is 7.41. The maximum absolute atomic E-state index is 5.70. The third-order valence-electron chi connectivity index (χ3n) is 3.65. The van der Waals surface area contributed by atoms with E-state index < -0.39 is 0 Å². The molecule has 0 amide bonds. The molecule has 2 nitrogen and oxygen atoms in total. The summed E-state index contributed by atoms with van der Waals surface area (Å²) in [7, 11) is 0. The molecule has 1 unspecified atom stereocenters. The van der Waals surface area contributed by atoms with Crippen LogP contribution in [0.3, 0.4) is 0 Å². The minimum absolute atomic E-state index is 0.210. The molecule has 0 bridgehead atoms. The Morgan fingerprint density at radius 1 is 1.05 bits per heavy atom. The summed E-state index contributed by atoms with van der Waals surface area (Å²) < 4.78 is 0. The fraction of sp³-hybridized carbons (Fsp3) is 0.647. The Bertz CT molecular complexity index is 360. The van der Waals surface area contributed by atoms with Crippen LogP contribution in [0.4, 0.5) is 0 Å². The molecule has 0 aliphatic heterocycles. The molecule has 0 heterocycles. The fourth-order valence-electron chi connectivity index (χ4n) is 2.29. The summed E-state index contributed by atoms with van der Waals surface area (Å²) in [6.45, 7) is 11.3. The molecule has 1 atom stereocenters. The minimum Gasteiger partial charge on any atom is -0.271 e. The average molecular weight is 262 g/mol. The first-order chi connectivity index (χ1) is 8.84. The second-order valence-corrected chi connectivity index (χ2v) is 6.92. The molecule has 108 valence electrons. The second kappa shape index (κ2) is 7.06. The summed E-state index contributed by atoms with van der Waals surface area (Å²) in [5.41, 5.74) is 5.82. The van der Waals surface area contributed by atoms with Crippen LogP contribution in [0.25, 0.3) is 0 Å². The molecule has 0 spiro atoms. The molecule has 0 saturated carbocycles. The molecule has 1 aromatic rings. The molecular formula is C17H30N2. The van der Waals surface area contributed by atoms with Crippen LogP contribution in [-0.2, 0) is 5.41 Å². The van der Waals surface area contributed by atoms with Gasteiger partial charge < -0.3 is 0 Å². The first kappa shape index (κ1) is 16.2. The molecular weight excluding hydrogens is 232 g/mol. The average Bonchev–Trinajstić information content (AvgIpc) is 2.33. The molecule has 0 radical (unpaired) electrons. The van der Waals surface area contributed by atoms with Gasteiger partial charge in [-0.05, 0) is 28.9 Å². The van der Waals surface area contributed by atoms with Crippen molar-refractivity contribution in [2.45, 2.75) is 65.3 Å². The number of hydrogen-bond acceptors (Lipinski definition) is 2. The number of nitrogens with two attached hydrogens (primary N) is 1. The summed E-state index contributed by atoms with van der Waals surface area (Å²) in [4.78, 5) is 0. The van der Waals surface area contributed by atoms with E-state index in [-0.39, 0.29) is 11.5 Å². The van der Waals surface area contributed by atoms with Crippen LogP contribution in [-0.4, -0.2) is 0 Å². The van der Waals surface area contributed by atoms with Crippen molar-refractivity contribution in [3.05, 3.63) is 35.4 Å². The lowest BCUT2D eigenvalue weighted by Crippen LogP contribution is -2.28. The number of hydrazine groups is 1. The van der Waals surface area contributed by atoms with Gasteiger partial charge >= 0.3 is 0 Å². The lowest BCUT2D eigenvalue weighted by molar-refractivity contribution is 0.455. The molecule has 1 rings (SSSR count). The van der Waals surface area contributed by atoms with Crippen LogP contribution in [0, 0.1) is 5.92 Å².